The number of esters is 1. The summed E-state index contributed by atoms with van der Waals surface area (Å²) in [4.78, 5) is 15.6. The molecule has 8 nitrogen and oxygen atoms in total. The molecule has 0 atom stereocenters. The van der Waals surface area contributed by atoms with Crippen molar-refractivity contribution in [2.45, 2.75) is 30.1 Å². The zero-order valence-electron chi connectivity index (χ0n) is 18.4. The highest BCUT2D eigenvalue weighted by molar-refractivity contribution is 7.91. The smallest absolute Gasteiger partial charge is 0.340 e. The zero-order chi connectivity index (χ0) is 23.6. The molecule has 1 aliphatic rings. The number of aromatic nitrogens is 2. The minimum atomic E-state index is -3.98. The Morgan fingerprint density at radius 1 is 1.33 bits per heavy atom. The summed E-state index contributed by atoms with van der Waals surface area (Å²) < 4.78 is 49.2. The first-order valence-corrected chi connectivity index (χ1v) is 12.7. The highest BCUT2D eigenvalue weighted by Gasteiger charge is 2.34. The number of carbonyl (C=O) groups excluding carboxylic acids is 1. The van der Waals surface area contributed by atoms with Gasteiger partial charge < -0.3 is 4.74 Å². The molecule has 11 heteroatoms. The van der Waals surface area contributed by atoms with Gasteiger partial charge in [0.1, 0.15) is 10.0 Å². The molecule has 33 heavy (non-hydrogen) atoms. The summed E-state index contributed by atoms with van der Waals surface area (Å²) in [7, 11) is -0.884. The maximum Gasteiger partial charge on any atom is 0.340 e. The third-order valence-corrected chi connectivity index (χ3v) is 8.74. The van der Waals surface area contributed by atoms with Gasteiger partial charge in [0.15, 0.2) is 0 Å². The van der Waals surface area contributed by atoms with Crippen LogP contribution in [0.2, 0.25) is 0 Å². The van der Waals surface area contributed by atoms with Gasteiger partial charge in [-0.2, -0.15) is 5.10 Å². The highest BCUT2D eigenvalue weighted by Crippen LogP contribution is 2.37. The first-order valence-electron chi connectivity index (χ1n) is 10.4. The molecule has 1 aliphatic heterocycles. The molecule has 0 amide bonds. The molecule has 1 N–H and O–H groups in total. The first-order chi connectivity index (χ1) is 15.8. The number of rotatable bonds is 8. The van der Waals surface area contributed by atoms with Crippen LogP contribution >= 0.6 is 11.3 Å². The second-order valence-corrected chi connectivity index (χ2v) is 10.9. The van der Waals surface area contributed by atoms with Crippen LogP contribution in [0.1, 0.15) is 31.9 Å². The second-order valence-electron chi connectivity index (χ2n) is 7.88. The first kappa shape index (κ1) is 23.6. The van der Waals surface area contributed by atoms with E-state index in [-0.39, 0.29) is 28.6 Å². The number of nitrogens with zero attached hydrogens (tertiary/aromatic N) is 3. The summed E-state index contributed by atoms with van der Waals surface area (Å²) in [6.45, 7) is 1.91. The van der Waals surface area contributed by atoms with Crippen molar-refractivity contribution in [1.82, 2.24) is 19.4 Å². The van der Waals surface area contributed by atoms with Crippen LogP contribution in [-0.2, 0) is 47.7 Å². The van der Waals surface area contributed by atoms with Gasteiger partial charge in [-0.25, -0.2) is 22.3 Å². The van der Waals surface area contributed by atoms with E-state index < -0.39 is 16.0 Å². The molecule has 0 fully saturated rings. The number of ether oxygens (including phenoxy) is 1. The van der Waals surface area contributed by atoms with Gasteiger partial charge >= 0.3 is 5.97 Å². The largest absolute Gasteiger partial charge is 0.465 e. The summed E-state index contributed by atoms with van der Waals surface area (Å²) >= 11 is 1.09. The molecule has 4 rings (SSSR count). The Kier molecular flexibility index (Phi) is 6.94. The molecular weight excluding hydrogens is 467 g/mol. The average Bonchev–Trinajstić information content (AvgIpc) is 3.38. The molecule has 176 valence electrons. The fourth-order valence-corrected chi connectivity index (χ4v) is 6.96. The van der Waals surface area contributed by atoms with Gasteiger partial charge in [-0.3, -0.25) is 9.58 Å². The van der Waals surface area contributed by atoms with Crippen molar-refractivity contribution in [2.24, 2.45) is 7.05 Å². The standard InChI is InChI=1S/C22H25FN4O4S2/c1-26-12-15(11-24-26)13-27-10-8-17-19(14-27)32-22(20(17)21(28)31-2)33(29,30)25-9-7-16-5-3-4-6-18(16)23/h3-6,11-12,25H,7-10,13-14H2,1-2H3. The maximum atomic E-state index is 13.9. The lowest BCUT2D eigenvalue weighted by molar-refractivity contribution is 0.0595. The molecule has 1 aromatic carbocycles. The highest BCUT2D eigenvalue weighted by atomic mass is 32.2. The molecule has 0 saturated heterocycles. The van der Waals surface area contributed by atoms with Crippen molar-refractivity contribution in [2.75, 3.05) is 20.2 Å². The minimum Gasteiger partial charge on any atom is -0.465 e. The fourth-order valence-electron chi connectivity index (χ4n) is 3.96. The predicted octanol–water partition coefficient (Wildman–Crippen LogP) is 2.49. The lowest BCUT2D eigenvalue weighted by Gasteiger charge is -2.26. The van der Waals surface area contributed by atoms with E-state index in [1.54, 1.807) is 29.1 Å². The number of carbonyl (C=O) groups is 1. The Labute approximate surface area is 196 Å². The SMILES string of the molecule is COC(=O)c1c(S(=O)(=O)NCCc2ccccc2F)sc2c1CCN(Cc1cnn(C)c1)C2. The van der Waals surface area contributed by atoms with Crippen LogP contribution in [-0.4, -0.2) is 49.3 Å². The van der Waals surface area contributed by atoms with E-state index in [9.17, 15) is 17.6 Å². The average molecular weight is 493 g/mol. The van der Waals surface area contributed by atoms with Gasteiger partial charge in [0.25, 0.3) is 10.0 Å². The Bertz CT molecular complexity index is 1270. The van der Waals surface area contributed by atoms with Crippen molar-refractivity contribution in [3.8, 4) is 0 Å². The number of hydrogen-bond donors (Lipinski definition) is 1. The van der Waals surface area contributed by atoms with Crippen LogP contribution < -0.4 is 4.72 Å². The van der Waals surface area contributed by atoms with Crippen molar-refractivity contribution >= 4 is 27.3 Å². The second kappa shape index (κ2) is 9.72. The van der Waals surface area contributed by atoms with Gasteiger partial charge in [-0.1, -0.05) is 18.2 Å². The number of hydrogen-bond acceptors (Lipinski definition) is 7. The molecule has 0 bridgehead atoms. The third kappa shape index (κ3) is 5.16. The number of fused-ring (bicyclic) bond motifs is 1. The van der Waals surface area contributed by atoms with Crippen molar-refractivity contribution < 1.29 is 22.3 Å². The van der Waals surface area contributed by atoms with Gasteiger partial charge in [0.05, 0.1) is 18.9 Å². The monoisotopic (exact) mass is 492 g/mol. The molecule has 0 radical (unpaired) electrons. The molecule has 0 aliphatic carbocycles. The quantitative estimate of drug-likeness (QED) is 0.486. The number of methoxy groups -OCH3 is 1. The van der Waals surface area contributed by atoms with Gasteiger partial charge in [0, 0.05) is 49.9 Å². The summed E-state index contributed by atoms with van der Waals surface area (Å²) in [6, 6.07) is 6.24. The molecule has 0 saturated carbocycles. The van der Waals surface area contributed by atoms with E-state index in [4.69, 9.17) is 4.74 Å². The normalized spacial score (nSPS) is 14.3. The summed E-state index contributed by atoms with van der Waals surface area (Å²) in [6.07, 6.45) is 4.49. The van der Waals surface area contributed by atoms with Gasteiger partial charge in [-0.15, -0.1) is 11.3 Å². The number of sulfonamides is 1. The third-order valence-electron chi connectivity index (χ3n) is 5.55. The summed E-state index contributed by atoms with van der Waals surface area (Å²) in [5, 5.41) is 4.19. The van der Waals surface area contributed by atoms with E-state index in [1.165, 1.54) is 13.2 Å². The predicted molar refractivity (Wildman–Crippen MR) is 122 cm³/mol. The number of aryl methyl sites for hydroxylation is 1. The molecule has 0 spiro atoms. The Morgan fingerprint density at radius 2 is 2.12 bits per heavy atom. The van der Waals surface area contributed by atoms with Crippen LogP contribution in [0.25, 0.3) is 0 Å². The van der Waals surface area contributed by atoms with E-state index in [2.05, 4.69) is 14.7 Å². The van der Waals surface area contributed by atoms with Crippen LogP contribution in [0, 0.1) is 5.82 Å². The van der Waals surface area contributed by atoms with Gasteiger partial charge in [0.2, 0.25) is 0 Å². The lowest BCUT2D eigenvalue weighted by Crippen LogP contribution is -2.30. The van der Waals surface area contributed by atoms with Crippen LogP contribution in [0.4, 0.5) is 4.39 Å². The Morgan fingerprint density at radius 3 is 2.82 bits per heavy atom. The van der Waals surface area contributed by atoms with Crippen LogP contribution in [0.5, 0.6) is 0 Å². The van der Waals surface area contributed by atoms with Crippen molar-refractivity contribution in [3.63, 3.8) is 0 Å². The minimum absolute atomic E-state index is 0.0135. The lowest BCUT2D eigenvalue weighted by atomic mass is 10.0. The molecule has 2 aromatic heterocycles. The van der Waals surface area contributed by atoms with E-state index in [0.29, 0.717) is 31.6 Å². The fraction of sp³-hybridized carbons (Fsp3) is 0.364. The van der Waals surface area contributed by atoms with Crippen LogP contribution in [0.3, 0.4) is 0 Å². The number of halogens is 1. The Balaban J connectivity index is 1.55. The van der Waals surface area contributed by atoms with Crippen LogP contribution in [0.15, 0.2) is 40.9 Å². The number of nitrogens with one attached hydrogen (secondary N) is 1. The summed E-state index contributed by atoms with van der Waals surface area (Å²) in [5.74, 6) is -1.05. The number of benzene rings is 1. The van der Waals surface area contributed by atoms with E-state index in [1.807, 2.05) is 13.2 Å². The van der Waals surface area contributed by atoms with Crippen molar-refractivity contribution in [3.05, 3.63) is 69.6 Å². The van der Waals surface area contributed by atoms with E-state index in [0.717, 1.165) is 27.3 Å². The molecule has 0 unspecified atom stereocenters. The van der Waals surface area contributed by atoms with E-state index >= 15 is 0 Å². The zero-order valence-corrected chi connectivity index (χ0v) is 20.0. The molecular formula is C22H25FN4O4S2. The topological polar surface area (TPSA) is 93.5 Å². The summed E-state index contributed by atoms with van der Waals surface area (Å²) in [5.41, 5.74) is 2.32. The number of thiophene rings is 1. The molecule has 3 aromatic rings. The maximum absolute atomic E-state index is 13.9. The molecule has 3 heterocycles. The van der Waals surface area contributed by atoms with Crippen molar-refractivity contribution in [1.29, 1.82) is 0 Å². The Hall–Kier alpha value is -2.60. The van der Waals surface area contributed by atoms with Gasteiger partial charge in [-0.05, 0) is 30.0 Å².